The lowest BCUT2D eigenvalue weighted by molar-refractivity contribution is 0.0955. The Morgan fingerprint density at radius 2 is 2.29 bits per heavy atom. The summed E-state index contributed by atoms with van der Waals surface area (Å²) >= 11 is 7.55. The summed E-state index contributed by atoms with van der Waals surface area (Å²) in [7, 11) is 0. The minimum absolute atomic E-state index is 0.179. The molecule has 17 heavy (non-hydrogen) atoms. The molecule has 1 atom stereocenters. The van der Waals surface area contributed by atoms with Crippen LogP contribution in [-0.4, -0.2) is 24.0 Å². The zero-order valence-electron chi connectivity index (χ0n) is 9.79. The summed E-state index contributed by atoms with van der Waals surface area (Å²) in [6, 6.07) is 4.95. The van der Waals surface area contributed by atoms with Gasteiger partial charge in [-0.25, -0.2) is 0 Å². The van der Waals surface area contributed by atoms with Crippen molar-refractivity contribution in [3.05, 3.63) is 28.8 Å². The second-order valence-electron chi connectivity index (χ2n) is 3.59. The van der Waals surface area contributed by atoms with Gasteiger partial charge in [0.25, 0.3) is 5.91 Å². The molecule has 1 amide bonds. The Bertz CT molecular complexity index is 400. The molecule has 0 saturated carbocycles. The highest BCUT2D eigenvalue weighted by atomic mass is 35.5. The minimum atomic E-state index is -0.179. The summed E-state index contributed by atoms with van der Waals surface area (Å²) < 4.78 is 0. The maximum absolute atomic E-state index is 11.9. The quantitative estimate of drug-likeness (QED) is 0.568. The molecule has 6 heteroatoms. The SMILES string of the molecule is CSC(C)CNC(=O)c1cc(Cl)ccc1NN. The van der Waals surface area contributed by atoms with E-state index >= 15 is 0 Å². The van der Waals surface area contributed by atoms with Gasteiger partial charge in [-0.15, -0.1) is 0 Å². The van der Waals surface area contributed by atoms with E-state index in [1.807, 2.05) is 13.2 Å². The third kappa shape index (κ3) is 4.11. The molecule has 0 aliphatic heterocycles. The van der Waals surface area contributed by atoms with E-state index in [0.717, 1.165) is 0 Å². The molecule has 1 rings (SSSR count). The van der Waals surface area contributed by atoms with E-state index in [9.17, 15) is 4.79 Å². The van der Waals surface area contributed by atoms with Crippen LogP contribution in [0, 0.1) is 0 Å². The van der Waals surface area contributed by atoms with Crippen molar-refractivity contribution in [3.63, 3.8) is 0 Å². The second kappa shape index (κ2) is 6.74. The van der Waals surface area contributed by atoms with Gasteiger partial charge in [0.15, 0.2) is 0 Å². The number of hydrogen-bond donors (Lipinski definition) is 3. The van der Waals surface area contributed by atoms with Crippen molar-refractivity contribution in [2.24, 2.45) is 5.84 Å². The molecule has 0 aromatic heterocycles. The van der Waals surface area contributed by atoms with Gasteiger partial charge in [-0.2, -0.15) is 11.8 Å². The average Bonchev–Trinajstić information content (AvgIpc) is 2.35. The zero-order chi connectivity index (χ0) is 12.8. The Hall–Kier alpha value is -0.910. The van der Waals surface area contributed by atoms with Gasteiger partial charge in [0.05, 0.1) is 11.3 Å². The number of carbonyl (C=O) groups excluding carboxylic acids is 1. The monoisotopic (exact) mass is 273 g/mol. The first-order valence-corrected chi connectivity index (χ1v) is 6.82. The van der Waals surface area contributed by atoms with Crippen molar-refractivity contribution in [2.75, 3.05) is 18.2 Å². The highest BCUT2D eigenvalue weighted by molar-refractivity contribution is 7.99. The van der Waals surface area contributed by atoms with Crippen LogP contribution in [-0.2, 0) is 0 Å². The number of anilines is 1. The van der Waals surface area contributed by atoms with Crippen LogP contribution in [0.2, 0.25) is 5.02 Å². The molecule has 0 spiro atoms. The fraction of sp³-hybridized carbons (Fsp3) is 0.364. The summed E-state index contributed by atoms with van der Waals surface area (Å²) in [6.07, 6.45) is 2.00. The first-order valence-electron chi connectivity index (χ1n) is 5.15. The lowest BCUT2D eigenvalue weighted by Gasteiger charge is -2.12. The van der Waals surface area contributed by atoms with Crippen LogP contribution in [0.1, 0.15) is 17.3 Å². The number of hydrazine groups is 1. The topological polar surface area (TPSA) is 67.2 Å². The molecule has 0 radical (unpaired) electrons. The molecule has 0 heterocycles. The number of nitrogen functional groups attached to an aromatic ring is 1. The Labute approximate surface area is 110 Å². The summed E-state index contributed by atoms with van der Waals surface area (Å²) in [5.74, 6) is 5.16. The predicted molar refractivity (Wildman–Crippen MR) is 74.6 cm³/mol. The summed E-state index contributed by atoms with van der Waals surface area (Å²) in [4.78, 5) is 11.9. The van der Waals surface area contributed by atoms with Gasteiger partial charge in [0.1, 0.15) is 0 Å². The standard InChI is InChI=1S/C11H16ClN3OS/c1-7(17-2)6-14-11(16)9-5-8(12)3-4-10(9)15-13/h3-5,7,15H,6,13H2,1-2H3,(H,14,16). The van der Waals surface area contributed by atoms with E-state index in [1.165, 1.54) is 0 Å². The molecule has 4 N–H and O–H groups in total. The van der Waals surface area contributed by atoms with Crippen molar-refractivity contribution in [1.82, 2.24) is 5.32 Å². The smallest absolute Gasteiger partial charge is 0.253 e. The third-order valence-electron chi connectivity index (χ3n) is 2.33. The molecule has 1 unspecified atom stereocenters. The fourth-order valence-electron chi connectivity index (χ4n) is 1.25. The average molecular weight is 274 g/mol. The number of amides is 1. The molecule has 1 aromatic carbocycles. The summed E-state index contributed by atoms with van der Waals surface area (Å²) in [5.41, 5.74) is 3.49. The van der Waals surface area contributed by atoms with Gasteiger partial charge >= 0.3 is 0 Å². The predicted octanol–water partition coefficient (Wildman–Crippen LogP) is 2.11. The molecule has 1 aromatic rings. The van der Waals surface area contributed by atoms with Gasteiger partial charge in [0.2, 0.25) is 0 Å². The van der Waals surface area contributed by atoms with Gasteiger partial charge in [-0.3, -0.25) is 10.6 Å². The molecule has 0 aliphatic carbocycles. The lowest BCUT2D eigenvalue weighted by atomic mass is 10.1. The number of thioether (sulfide) groups is 1. The molecule has 94 valence electrons. The number of benzene rings is 1. The number of nitrogens with two attached hydrogens (primary N) is 1. The van der Waals surface area contributed by atoms with Crippen LogP contribution in [0.4, 0.5) is 5.69 Å². The number of hydrogen-bond acceptors (Lipinski definition) is 4. The molecule has 0 bridgehead atoms. The van der Waals surface area contributed by atoms with E-state index in [0.29, 0.717) is 28.1 Å². The largest absolute Gasteiger partial charge is 0.351 e. The van der Waals surface area contributed by atoms with Crippen molar-refractivity contribution in [1.29, 1.82) is 0 Å². The number of carbonyl (C=O) groups is 1. The van der Waals surface area contributed by atoms with Gasteiger partial charge < -0.3 is 10.7 Å². The molecule has 0 fully saturated rings. The van der Waals surface area contributed by atoms with Crippen LogP contribution in [0.15, 0.2) is 18.2 Å². The van der Waals surface area contributed by atoms with Crippen LogP contribution in [0.3, 0.4) is 0 Å². The van der Waals surface area contributed by atoms with Crippen LogP contribution in [0.5, 0.6) is 0 Å². The fourth-order valence-corrected chi connectivity index (χ4v) is 1.67. The van der Waals surface area contributed by atoms with Crippen molar-refractivity contribution in [2.45, 2.75) is 12.2 Å². The summed E-state index contributed by atoms with van der Waals surface area (Å²) in [6.45, 7) is 2.65. The van der Waals surface area contributed by atoms with Crippen LogP contribution >= 0.6 is 23.4 Å². The Kier molecular flexibility index (Phi) is 5.61. The molecular formula is C11H16ClN3OS. The van der Waals surface area contributed by atoms with Crippen LogP contribution in [0.25, 0.3) is 0 Å². The second-order valence-corrected chi connectivity index (χ2v) is 5.30. The first-order chi connectivity index (χ1) is 8.08. The zero-order valence-corrected chi connectivity index (χ0v) is 11.4. The van der Waals surface area contributed by atoms with Crippen molar-refractivity contribution >= 4 is 35.0 Å². The Morgan fingerprint density at radius 3 is 2.88 bits per heavy atom. The molecule has 0 aliphatic rings. The highest BCUT2D eigenvalue weighted by Gasteiger charge is 2.12. The van der Waals surface area contributed by atoms with Crippen molar-refractivity contribution in [3.8, 4) is 0 Å². The van der Waals surface area contributed by atoms with E-state index in [4.69, 9.17) is 17.4 Å². The first kappa shape index (κ1) is 14.2. The van der Waals surface area contributed by atoms with E-state index in [-0.39, 0.29) is 5.91 Å². The third-order valence-corrected chi connectivity index (χ3v) is 3.54. The molecule has 4 nitrogen and oxygen atoms in total. The van der Waals surface area contributed by atoms with E-state index in [1.54, 1.807) is 30.0 Å². The lowest BCUT2D eigenvalue weighted by Crippen LogP contribution is -2.30. The van der Waals surface area contributed by atoms with Crippen LogP contribution < -0.4 is 16.6 Å². The Morgan fingerprint density at radius 1 is 1.59 bits per heavy atom. The normalized spacial score (nSPS) is 12.0. The maximum atomic E-state index is 11.9. The maximum Gasteiger partial charge on any atom is 0.253 e. The molecular weight excluding hydrogens is 258 g/mol. The summed E-state index contributed by atoms with van der Waals surface area (Å²) in [5, 5.41) is 3.71. The van der Waals surface area contributed by atoms with E-state index < -0.39 is 0 Å². The van der Waals surface area contributed by atoms with Crippen molar-refractivity contribution < 1.29 is 4.79 Å². The Balaban J connectivity index is 2.77. The number of nitrogens with one attached hydrogen (secondary N) is 2. The molecule has 0 saturated heterocycles. The van der Waals surface area contributed by atoms with E-state index in [2.05, 4.69) is 10.7 Å². The van der Waals surface area contributed by atoms with Gasteiger partial charge in [-0.05, 0) is 24.5 Å². The number of halogens is 1. The number of rotatable bonds is 5. The van der Waals surface area contributed by atoms with Gasteiger partial charge in [-0.1, -0.05) is 18.5 Å². The van der Waals surface area contributed by atoms with Gasteiger partial charge in [0, 0.05) is 16.8 Å². The minimum Gasteiger partial charge on any atom is -0.351 e. The highest BCUT2D eigenvalue weighted by Crippen LogP contribution is 2.19.